The van der Waals surface area contributed by atoms with Crippen molar-refractivity contribution >= 4 is 5.91 Å². The van der Waals surface area contributed by atoms with Gasteiger partial charge in [0.05, 0.1) is 0 Å². The van der Waals surface area contributed by atoms with Gasteiger partial charge in [0, 0.05) is 17.6 Å². The van der Waals surface area contributed by atoms with Crippen LogP contribution in [0.25, 0.3) is 0 Å². The summed E-state index contributed by atoms with van der Waals surface area (Å²) in [5.74, 6) is 1.06. The highest BCUT2D eigenvalue weighted by Crippen LogP contribution is 2.26. The molecular formula is C23H30N2O2. The highest BCUT2D eigenvalue weighted by molar-refractivity contribution is 5.82. The molecule has 0 saturated carbocycles. The van der Waals surface area contributed by atoms with Crippen LogP contribution >= 0.6 is 0 Å². The normalized spacial score (nSPS) is 20.9. The zero-order valence-corrected chi connectivity index (χ0v) is 16.4. The van der Waals surface area contributed by atoms with Crippen LogP contribution in [0, 0.1) is 0 Å². The van der Waals surface area contributed by atoms with Crippen LogP contribution in [-0.4, -0.2) is 24.5 Å². The maximum absolute atomic E-state index is 13.1. The highest BCUT2D eigenvalue weighted by atomic mass is 16.5. The van der Waals surface area contributed by atoms with Crippen molar-refractivity contribution < 1.29 is 9.53 Å². The fraction of sp³-hybridized carbons (Fsp3) is 0.435. The fourth-order valence-corrected chi connectivity index (χ4v) is 3.52. The van der Waals surface area contributed by atoms with E-state index in [-0.39, 0.29) is 11.9 Å². The van der Waals surface area contributed by atoms with Crippen molar-refractivity contribution in [3.8, 4) is 5.75 Å². The average Bonchev–Trinajstić information content (AvgIpc) is 2.67. The SMILES string of the molecule is CC1CC(NC(=O)C(Oc2cccc(C(C)C)c2)c2ccccc2)CCN1. The molecule has 144 valence electrons. The predicted octanol–water partition coefficient (Wildman–Crippen LogP) is 4.19. The van der Waals surface area contributed by atoms with E-state index >= 15 is 0 Å². The summed E-state index contributed by atoms with van der Waals surface area (Å²) in [7, 11) is 0. The molecule has 27 heavy (non-hydrogen) atoms. The number of hydrogen-bond acceptors (Lipinski definition) is 3. The molecule has 2 aromatic rings. The quantitative estimate of drug-likeness (QED) is 0.806. The first-order chi connectivity index (χ1) is 13.0. The number of piperidine rings is 1. The van der Waals surface area contributed by atoms with Crippen LogP contribution in [0.15, 0.2) is 54.6 Å². The average molecular weight is 367 g/mol. The molecule has 3 atom stereocenters. The molecule has 0 aromatic heterocycles. The smallest absolute Gasteiger partial charge is 0.266 e. The van der Waals surface area contributed by atoms with Gasteiger partial charge in [0.1, 0.15) is 5.75 Å². The number of carbonyl (C=O) groups excluding carboxylic acids is 1. The minimum atomic E-state index is -0.654. The van der Waals surface area contributed by atoms with Crippen molar-refractivity contribution in [1.82, 2.24) is 10.6 Å². The van der Waals surface area contributed by atoms with E-state index in [0.717, 1.165) is 30.7 Å². The van der Waals surface area contributed by atoms with Crippen LogP contribution in [0.5, 0.6) is 5.75 Å². The standard InChI is InChI=1S/C23H30N2O2/c1-16(2)19-10-7-11-21(15-19)27-22(18-8-5-4-6-9-18)23(26)25-20-12-13-24-17(3)14-20/h4-11,15-17,20,22,24H,12-14H2,1-3H3,(H,25,26). The Balaban J connectivity index is 1.79. The molecule has 3 unspecified atom stereocenters. The largest absolute Gasteiger partial charge is 0.476 e. The summed E-state index contributed by atoms with van der Waals surface area (Å²) in [4.78, 5) is 13.1. The second-order valence-electron chi connectivity index (χ2n) is 7.72. The van der Waals surface area contributed by atoms with Crippen LogP contribution < -0.4 is 15.4 Å². The molecule has 2 aromatic carbocycles. The van der Waals surface area contributed by atoms with E-state index in [2.05, 4.69) is 37.5 Å². The number of benzene rings is 2. The lowest BCUT2D eigenvalue weighted by Gasteiger charge is -2.30. The number of amides is 1. The van der Waals surface area contributed by atoms with Crippen molar-refractivity contribution in [3.63, 3.8) is 0 Å². The molecule has 1 amide bonds. The van der Waals surface area contributed by atoms with Gasteiger partial charge in [0.2, 0.25) is 6.10 Å². The topological polar surface area (TPSA) is 50.4 Å². The molecule has 1 aliphatic heterocycles. The third-order valence-corrected chi connectivity index (χ3v) is 5.09. The Morgan fingerprint density at radius 3 is 2.56 bits per heavy atom. The first-order valence-electron chi connectivity index (χ1n) is 9.88. The summed E-state index contributed by atoms with van der Waals surface area (Å²) in [6, 6.07) is 18.3. The van der Waals surface area contributed by atoms with E-state index in [4.69, 9.17) is 4.74 Å². The Hall–Kier alpha value is -2.33. The third-order valence-electron chi connectivity index (χ3n) is 5.09. The highest BCUT2D eigenvalue weighted by Gasteiger charge is 2.27. The Labute approximate surface area is 162 Å². The number of rotatable bonds is 6. The van der Waals surface area contributed by atoms with Gasteiger partial charge in [-0.1, -0.05) is 56.3 Å². The lowest BCUT2D eigenvalue weighted by atomic mass is 9.99. The lowest BCUT2D eigenvalue weighted by molar-refractivity contribution is -0.129. The lowest BCUT2D eigenvalue weighted by Crippen LogP contribution is -2.48. The van der Waals surface area contributed by atoms with E-state index in [1.165, 1.54) is 5.56 Å². The number of carbonyl (C=O) groups is 1. The molecular weight excluding hydrogens is 336 g/mol. The minimum Gasteiger partial charge on any atom is -0.476 e. The van der Waals surface area contributed by atoms with Crippen molar-refractivity contribution in [3.05, 3.63) is 65.7 Å². The summed E-state index contributed by atoms with van der Waals surface area (Å²) in [6.45, 7) is 7.39. The summed E-state index contributed by atoms with van der Waals surface area (Å²) in [5.41, 5.74) is 2.07. The molecule has 1 saturated heterocycles. The van der Waals surface area contributed by atoms with Gasteiger partial charge in [-0.2, -0.15) is 0 Å². The van der Waals surface area contributed by atoms with Crippen LogP contribution in [0.4, 0.5) is 0 Å². The van der Waals surface area contributed by atoms with Crippen LogP contribution in [0.3, 0.4) is 0 Å². The Morgan fingerprint density at radius 1 is 1.11 bits per heavy atom. The molecule has 3 rings (SSSR count). The summed E-state index contributed by atoms with van der Waals surface area (Å²) >= 11 is 0. The van der Waals surface area contributed by atoms with Crippen molar-refractivity contribution in [2.75, 3.05) is 6.54 Å². The van der Waals surface area contributed by atoms with Gasteiger partial charge in [0.25, 0.3) is 5.91 Å². The second kappa shape index (κ2) is 9.05. The summed E-state index contributed by atoms with van der Waals surface area (Å²) < 4.78 is 6.19. The molecule has 4 heteroatoms. The molecule has 0 bridgehead atoms. The Morgan fingerprint density at radius 2 is 1.85 bits per heavy atom. The molecule has 1 fully saturated rings. The predicted molar refractivity (Wildman–Crippen MR) is 109 cm³/mol. The van der Waals surface area contributed by atoms with Crippen LogP contribution in [0.2, 0.25) is 0 Å². The minimum absolute atomic E-state index is 0.0738. The van der Waals surface area contributed by atoms with Gasteiger partial charge in [-0.05, 0) is 49.9 Å². The van der Waals surface area contributed by atoms with E-state index in [1.54, 1.807) is 0 Å². The summed E-state index contributed by atoms with van der Waals surface area (Å²) in [6.07, 6.45) is 1.23. The summed E-state index contributed by atoms with van der Waals surface area (Å²) in [5, 5.41) is 6.62. The van der Waals surface area contributed by atoms with Gasteiger partial charge >= 0.3 is 0 Å². The molecule has 2 N–H and O–H groups in total. The van der Waals surface area contributed by atoms with Gasteiger partial charge in [-0.3, -0.25) is 4.79 Å². The van der Waals surface area contributed by atoms with Gasteiger partial charge in [-0.15, -0.1) is 0 Å². The fourth-order valence-electron chi connectivity index (χ4n) is 3.52. The number of ether oxygens (including phenoxy) is 1. The zero-order chi connectivity index (χ0) is 19.2. The van der Waals surface area contributed by atoms with Crippen molar-refractivity contribution in [1.29, 1.82) is 0 Å². The van der Waals surface area contributed by atoms with Crippen molar-refractivity contribution in [2.45, 2.75) is 57.7 Å². The number of hydrogen-bond donors (Lipinski definition) is 2. The first-order valence-corrected chi connectivity index (χ1v) is 9.88. The van der Waals surface area contributed by atoms with Crippen LogP contribution in [-0.2, 0) is 4.79 Å². The third kappa shape index (κ3) is 5.33. The first kappa shape index (κ1) is 19.4. The molecule has 0 spiro atoms. The molecule has 1 heterocycles. The number of nitrogens with one attached hydrogen (secondary N) is 2. The monoisotopic (exact) mass is 366 g/mol. The van der Waals surface area contributed by atoms with Gasteiger partial charge in [-0.25, -0.2) is 0 Å². The van der Waals surface area contributed by atoms with E-state index in [1.807, 2.05) is 48.5 Å². The molecule has 1 aliphatic rings. The maximum Gasteiger partial charge on any atom is 0.266 e. The maximum atomic E-state index is 13.1. The molecule has 4 nitrogen and oxygen atoms in total. The van der Waals surface area contributed by atoms with E-state index in [0.29, 0.717) is 12.0 Å². The van der Waals surface area contributed by atoms with Gasteiger partial charge in [0.15, 0.2) is 0 Å². The molecule has 0 radical (unpaired) electrons. The van der Waals surface area contributed by atoms with E-state index < -0.39 is 6.10 Å². The molecule has 0 aliphatic carbocycles. The van der Waals surface area contributed by atoms with E-state index in [9.17, 15) is 4.79 Å². The Kier molecular flexibility index (Phi) is 6.51. The Bertz CT molecular complexity index is 745. The van der Waals surface area contributed by atoms with Crippen LogP contribution in [0.1, 0.15) is 56.8 Å². The van der Waals surface area contributed by atoms with Gasteiger partial charge < -0.3 is 15.4 Å². The second-order valence-corrected chi connectivity index (χ2v) is 7.72. The zero-order valence-electron chi connectivity index (χ0n) is 16.4. The van der Waals surface area contributed by atoms with Crippen molar-refractivity contribution in [2.24, 2.45) is 0 Å².